The van der Waals surface area contributed by atoms with E-state index in [4.69, 9.17) is 15.6 Å². The normalized spacial score (nSPS) is 31.6. The van der Waals surface area contributed by atoms with Crippen molar-refractivity contribution in [3.8, 4) is 0 Å². The highest BCUT2D eigenvalue weighted by Gasteiger charge is 2.42. The molecule has 2 heterocycles. The van der Waals surface area contributed by atoms with Gasteiger partial charge in [-0.3, -0.25) is 0 Å². The average Bonchev–Trinajstić information content (AvgIpc) is 2.63. The molecule has 1 fully saturated rings. The molecule has 0 saturated carbocycles. The highest BCUT2D eigenvalue weighted by molar-refractivity contribution is 5.58. The van der Waals surface area contributed by atoms with Crippen molar-refractivity contribution in [2.75, 3.05) is 17.7 Å². The van der Waals surface area contributed by atoms with Crippen LogP contribution in [-0.4, -0.2) is 51.5 Å². The first-order chi connectivity index (χ1) is 8.54. The van der Waals surface area contributed by atoms with Crippen molar-refractivity contribution in [2.45, 2.75) is 31.5 Å². The Morgan fingerprint density at radius 2 is 2.17 bits per heavy atom. The fraction of sp³-hybridized carbons (Fsp3) is 0.545. The van der Waals surface area contributed by atoms with E-state index in [0.717, 1.165) is 5.56 Å². The summed E-state index contributed by atoms with van der Waals surface area (Å²) in [4.78, 5) is 4.09. The zero-order chi connectivity index (χ0) is 13.3. The van der Waals surface area contributed by atoms with Gasteiger partial charge in [0.15, 0.2) is 6.23 Å². The minimum Gasteiger partial charge on any atom is -0.398 e. The molecule has 0 amide bonds. The molecule has 100 valence electrons. The Hall–Kier alpha value is -1.41. The number of nitrogens with two attached hydrogens (primary N) is 1. The maximum atomic E-state index is 9.77. The number of aromatic nitrogens is 1. The van der Waals surface area contributed by atoms with Crippen LogP contribution in [0.3, 0.4) is 0 Å². The number of aliphatic hydroxyl groups excluding tert-OH is 3. The van der Waals surface area contributed by atoms with Gasteiger partial charge in [0.2, 0.25) is 0 Å². The highest BCUT2D eigenvalue weighted by Crippen LogP contribution is 2.25. The van der Waals surface area contributed by atoms with Crippen molar-refractivity contribution in [1.82, 2.24) is 4.98 Å². The van der Waals surface area contributed by atoms with Gasteiger partial charge in [0.1, 0.15) is 24.1 Å². The molecule has 2 rings (SSSR count). The van der Waals surface area contributed by atoms with Gasteiger partial charge in [0.25, 0.3) is 0 Å². The van der Waals surface area contributed by atoms with Crippen molar-refractivity contribution >= 4 is 11.5 Å². The van der Waals surface area contributed by atoms with Gasteiger partial charge in [-0.15, -0.1) is 0 Å². The zero-order valence-corrected chi connectivity index (χ0v) is 9.95. The summed E-state index contributed by atoms with van der Waals surface area (Å²) in [5, 5.41) is 31.2. The summed E-state index contributed by atoms with van der Waals surface area (Å²) in [5.41, 5.74) is 7.04. The van der Waals surface area contributed by atoms with Crippen LogP contribution in [0.25, 0.3) is 0 Å². The Morgan fingerprint density at radius 3 is 2.78 bits per heavy atom. The van der Waals surface area contributed by atoms with Gasteiger partial charge in [0.05, 0.1) is 6.61 Å². The smallest absolute Gasteiger partial charge is 0.158 e. The number of pyridine rings is 1. The van der Waals surface area contributed by atoms with Gasteiger partial charge in [-0.1, -0.05) is 0 Å². The zero-order valence-electron chi connectivity index (χ0n) is 9.95. The molecule has 1 saturated heterocycles. The monoisotopic (exact) mass is 255 g/mol. The second-order valence-corrected chi connectivity index (χ2v) is 4.28. The van der Waals surface area contributed by atoms with E-state index in [1.165, 1.54) is 6.20 Å². The third-order valence-corrected chi connectivity index (χ3v) is 3.07. The third kappa shape index (κ3) is 2.25. The number of nitrogen functional groups attached to an aromatic ring is 1. The molecule has 6 N–H and O–H groups in total. The van der Waals surface area contributed by atoms with E-state index in [2.05, 4.69) is 10.3 Å². The van der Waals surface area contributed by atoms with E-state index in [0.29, 0.717) is 11.5 Å². The first kappa shape index (κ1) is 13.0. The van der Waals surface area contributed by atoms with Gasteiger partial charge in [-0.2, -0.15) is 0 Å². The summed E-state index contributed by atoms with van der Waals surface area (Å²) in [6.07, 6.45) is -2.37. The molecule has 0 spiro atoms. The number of anilines is 2. The number of rotatable bonds is 3. The van der Waals surface area contributed by atoms with E-state index < -0.39 is 24.5 Å². The molecule has 0 bridgehead atoms. The van der Waals surface area contributed by atoms with Gasteiger partial charge in [-0.05, 0) is 13.0 Å². The van der Waals surface area contributed by atoms with Crippen molar-refractivity contribution in [3.63, 3.8) is 0 Å². The first-order valence-electron chi connectivity index (χ1n) is 5.64. The standard InChI is InChI=1S/C11H17N3O4/c1-5-6(12)2-3-13-10(5)14-11-9(17)8(16)7(4-15)18-11/h2-3,7-9,11,15-17H,4H2,1H3,(H3,12,13,14)/t7-,8-,9-,11-/m1/s1. The van der Waals surface area contributed by atoms with E-state index in [1.807, 2.05) is 0 Å². The van der Waals surface area contributed by atoms with Crippen LogP contribution in [0.5, 0.6) is 0 Å². The number of ether oxygens (including phenoxy) is 1. The van der Waals surface area contributed by atoms with Crippen LogP contribution in [0.2, 0.25) is 0 Å². The van der Waals surface area contributed by atoms with Gasteiger partial charge < -0.3 is 31.1 Å². The molecule has 0 unspecified atom stereocenters. The summed E-state index contributed by atoms with van der Waals surface area (Å²) < 4.78 is 5.29. The molecule has 0 aliphatic carbocycles. The van der Waals surface area contributed by atoms with Gasteiger partial charge in [-0.25, -0.2) is 4.98 Å². The largest absolute Gasteiger partial charge is 0.398 e. The minimum atomic E-state index is -1.13. The SMILES string of the molecule is Cc1c(N)ccnc1N[C@@H]1O[C@H](CO)[C@@H](O)[C@H]1O. The van der Waals surface area contributed by atoms with E-state index in [-0.39, 0.29) is 6.61 Å². The van der Waals surface area contributed by atoms with Crippen LogP contribution >= 0.6 is 0 Å². The van der Waals surface area contributed by atoms with Crippen LogP contribution in [0.1, 0.15) is 5.56 Å². The number of hydrogen-bond acceptors (Lipinski definition) is 7. The molecule has 0 radical (unpaired) electrons. The minimum absolute atomic E-state index is 0.361. The summed E-state index contributed by atoms with van der Waals surface area (Å²) in [7, 11) is 0. The molecular formula is C11H17N3O4. The first-order valence-corrected chi connectivity index (χ1v) is 5.64. The van der Waals surface area contributed by atoms with Crippen LogP contribution < -0.4 is 11.1 Å². The predicted molar refractivity (Wildman–Crippen MR) is 64.8 cm³/mol. The van der Waals surface area contributed by atoms with Crippen molar-refractivity contribution in [2.24, 2.45) is 0 Å². The number of hydrogen-bond donors (Lipinski definition) is 5. The van der Waals surface area contributed by atoms with E-state index >= 15 is 0 Å². The van der Waals surface area contributed by atoms with Crippen molar-refractivity contribution < 1.29 is 20.1 Å². The summed E-state index contributed by atoms with van der Waals surface area (Å²) in [5.74, 6) is 0.477. The van der Waals surface area contributed by atoms with Gasteiger partial charge >= 0.3 is 0 Å². The molecule has 4 atom stereocenters. The molecule has 1 aromatic rings. The summed E-state index contributed by atoms with van der Waals surface area (Å²) in [6.45, 7) is 1.42. The second kappa shape index (κ2) is 5.07. The summed E-state index contributed by atoms with van der Waals surface area (Å²) in [6, 6.07) is 1.66. The molecule has 1 aliphatic heterocycles. The second-order valence-electron chi connectivity index (χ2n) is 4.28. The highest BCUT2D eigenvalue weighted by atomic mass is 16.6. The fourth-order valence-corrected chi connectivity index (χ4v) is 1.85. The molecule has 7 nitrogen and oxygen atoms in total. The Kier molecular flexibility index (Phi) is 3.67. The topological polar surface area (TPSA) is 121 Å². The van der Waals surface area contributed by atoms with Crippen molar-refractivity contribution in [1.29, 1.82) is 0 Å². The van der Waals surface area contributed by atoms with Crippen LogP contribution in [0, 0.1) is 6.92 Å². The molecule has 1 aliphatic rings. The lowest BCUT2D eigenvalue weighted by Gasteiger charge is -2.18. The predicted octanol–water partition coefficient (Wildman–Crippen LogP) is -1.18. The molecule has 0 aromatic carbocycles. The van der Waals surface area contributed by atoms with E-state index in [9.17, 15) is 10.2 Å². The average molecular weight is 255 g/mol. The molecule has 1 aromatic heterocycles. The molecule has 18 heavy (non-hydrogen) atoms. The maximum Gasteiger partial charge on any atom is 0.158 e. The van der Waals surface area contributed by atoms with Crippen LogP contribution in [0.4, 0.5) is 11.5 Å². The lowest BCUT2D eigenvalue weighted by atomic mass is 10.1. The van der Waals surface area contributed by atoms with E-state index in [1.54, 1.807) is 13.0 Å². The molecule has 7 heteroatoms. The quantitative estimate of drug-likeness (QED) is 0.461. The molecular weight excluding hydrogens is 238 g/mol. The Bertz CT molecular complexity index is 429. The van der Waals surface area contributed by atoms with Crippen LogP contribution in [-0.2, 0) is 4.74 Å². The maximum absolute atomic E-state index is 9.77. The van der Waals surface area contributed by atoms with Crippen LogP contribution in [0.15, 0.2) is 12.3 Å². The van der Waals surface area contributed by atoms with Gasteiger partial charge in [0, 0.05) is 17.4 Å². The Morgan fingerprint density at radius 1 is 1.44 bits per heavy atom. The lowest BCUT2D eigenvalue weighted by Crippen LogP contribution is -2.36. The number of nitrogens with one attached hydrogen (secondary N) is 1. The summed E-state index contributed by atoms with van der Waals surface area (Å²) >= 11 is 0. The Labute approximate surface area is 104 Å². The van der Waals surface area contributed by atoms with Crippen molar-refractivity contribution in [3.05, 3.63) is 17.8 Å². The third-order valence-electron chi connectivity index (χ3n) is 3.07. The fourth-order valence-electron chi connectivity index (χ4n) is 1.85. The lowest BCUT2D eigenvalue weighted by molar-refractivity contribution is -0.0154. The number of nitrogens with zero attached hydrogens (tertiary/aromatic N) is 1. The Balaban J connectivity index is 2.13. The number of aliphatic hydroxyl groups is 3.